The SMILES string of the molecule is CC1(C)c2ccccc2-c2c(O)c3c(c(N(c4ccccc4)c4ccccc4)c21)C(C)(O)c1ccccc1-3. The molecule has 2 aliphatic rings. The zero-order chi connectivity index (χ0) is 26.2. The first-order chi connectivity index (χ1) is 18.3. The van der Waals surface area contributed by atoms with Crippen LogP contribution in [0.4, 0.5) is 17.1 Å². The summed E-state index contributed by atoms with van der Waals surface area (Å²) in [4.78, 5) is 2.26. The standard InChI is InChI=1S/C35H29NO2/c1-34(2)26-20-12-10-18-24(26)28-30(34)32(36(22-14-6-4-7-15-22)23-16-8-5-9-17-23)31-29(33(28)37)25-19-11-13-21-27(25)35(31,3)38/h4-21,37-38H,1-3H3. The van der Waals surface area contributed by atoms with Crippen LogP contribution in [-0.4, -0.2) is 10.2 Å². The molecule has 0 fully saturated rings. The van der Waals surface area contributed by atoms with Crippen molar-refractivity contribution in [1.82, 2.24) is 0 Å². The topological polar surface area (TPSA) is 43.7 Å². The summed E-state index contributed by atoms with van der Waals surface area (Å²) in [6, 6.07) is 36.9. The van der Waals surface area contributed by atoms with Gasteiger partial charge in [0.05, 0.1) is 5.69 Å². The number of benzene rings is 5. The molecule has 2 N–H and O–H groups in total. The fourth-order valence-corrected chi connectivity index (χ4v) is 6.76. The molecule has 3 nitrogen and oxygen atoms in total. The van der Waals surface area contributed by atoms with E-state index in [1.54, 1.807) is 0 Å². The monoisotopic (exact) mass is 495 g/mol. The zero-order valence-corrected chi connectivity index (χ0v) is 21.7. The molecule has 0 radical (unpaired) electrons. The molecule has 0 spiro atoms. The average molecular weight is 496 g/mol. The van der Waals surface area contributed by atoms with E-state index < -0.39 is 11.0 Å². The molecule has 5 aromatic rings. The Labute approximate surface area is 223 Å². The average Bonchev–Trinajstić information content (AvgIpc) is 3.33. The minimum Gasteiger partial charge on any atom is -0.507 e. The van der Waals surface area contributed by atoms with Crippen LogP contribution in [0.1, 0.15) is 43.0 Å². The molecule has 1 unspecified atom stereocenters. The first-order valence-corrected chi connectivity index (χ1v) is 13.1. The Hall–Kier alpha value is -4.34. The number of nitrogens with zero attached hydrogens (tertiary/aromatic N) is 1. The highest BCUT2D eigenvalue weighted by molar-refractivity contribution is 6.03. The summed E-state index contributed by atoms with van der Waals surface area (Å²) in [7, 11) is 0. The molecule has 5 aromatic carbocycles. The van der Waals surface area contributed by atoms with Gasteiger partial charge in [0.1, 0.15) is 11.4 Å². The Bertz CT molecular complexity index is 1590. The number of rotatable bonds is 3. The van der Waals surface area contributed by atoms with Crippen LogP contribution >= 0.6 is 0 Å². The van der Waals surface area contributed by atoms with Crippen molar-refractivity contribution in [2.75, 3.05) is 4.90 Å². The molecular formula is C35H29NO2. The molecular weight excluding hydrogens is 466 g/mol. The molecule has 0 heterocycles. The lowest BCUT2D eigenvalue weighted by atomic mass is 9.78. The van der Waals surface area contributed by atoms with Gasteiger partial charge in [-0.15, -0.1) is 0 Å². The zero-order valence-electron chi connectivity index (χ0n) is 21.7. The molecule has 186 valence electrons. The number of para-hydroxylation sites is 2. The molecule has 7 rings (SSSR count). The summed E-state index contributed by atoms with van der Waals surface area (Å²) in [5, 5.41) is 24.4. The molecule has 0 bridgehead atoms. The van der Waals surface area contributed by atoms with Crippen LogP contribution in [0.2, 0.25) is 0 Å². The predicted octanol–water partition coefficient (Wildman–Crippen LogP) is 8.40. The number of hydrogen-bond donors (Lipinski definition) is 2. The van der Waals surface area contributed by atoms with Gasteiger partial charge in [0.15, 0.2) is 0 Å². The van der Waals surface area contributed by atoms with Crippen molar-refractivity contribution in [3.63, 3.8) is 0 Å². The van der Waals surface area contributed by atoms with Crippen molar-refractivity contribution in [2.24, 2.45) is 0 Å². The molecule has 38 heavy (non-hydrogen) atoms. The van der Waals surface area contributed by atoms with Gasteiger partial charge < -0.3 is 15.1 Å². The number of hydrogen-bond acceptors (Lipinski definition) is 3. The smallest absolute Gasteiger partial charge is 0.132 e. The first kappa shape index (κ1) is 22.8. The van der Waals surface area contributed by atoms with Crippen molar-refractivity contribution >= 4 is 17.1 Å². The second-order valence-electron chi connectivity index (χ2n) is 11.0. The van der Waals surface area contributed by atoms with Crippen LogP contribution in [0.15, 0.2) is 109 Å². The first-order valence-electron chi connectivity index (χ1n) is 13.1. The van der Waals surface area contributed by atoms with E-state index in [0.29, 0.717) is 5.56 Å². The summed E-state index contributed by atoms with van der Waals surface area (Å²) in [5.74, 6) is 0.239. The van der Waals surface area contributed by atoms with E-state index in [0.717, 1.165) is 50.4 Å². The highest BCUT2D eigenvalue weighted by atomic mass is 16.3. The lowest BCUT2D eigenvalue weighted by Gasteiger charge is -2.36. The van der Waals surface area contributed by atoms with Gasteiger partial charge in [0, 0.05) is 33.5 Å². The Balaban J connectivity index is 1.71. The number of anilines is 3. The minimum atomic E-state index is -1.31. The number of phenols is 1. The third kappa shape index (κ3) is 2.88. The van der Waals surface area contributed by atoms with E-state index in [9.17, 15) is 10.2 Å². The van der Waals surface area contributed by atoms with Crippen molar-refractivity contribution in [2.45, 2.75) is 31.8 Å². The molecule has 0 saturated heterocycles. The fraction of sp³-hybridized carbons (Fsp3) is 0.143. The normalized spacial score (nSPS) is 17.9. The van der Waals surface area contributed by atoms with E-state index >= 15 is 0 Å². The number of aromatic hydroxyl groups is 1. The molecule has 0 amide bonds. The van der Waals surface area contributed by atoms with E-state index in [2.05, 4.69) is 61.2 Å². The third-order valence-corrected chi connectivity index (χ3v) is 8.40. The number of aliphatic hydroxyl groups is 1. The van der Waals surface area contributed by atoms with Gasteiger partial charge in [-0.3, -0.25) is 0 Å². The van der Waals surface area contributed by atoms with Gasteiger partial charge in [0.25, 0.3) is 0 Å². The quantitative estimate of drug-likeness (QED) is 0.264. The van der Waals surface area contributed by atoms with Crippen molar-refractivity contribution in [3.05, 3.63) is 131 Å². The van der Waals surface area contributed by atoms with Crippen LogP contribution in [0, 0.1) is 0 Å². The second kappa shape index (κ2) is 7.83. The van der Waals surface area contributed by atoms with Crippen molar-refractivity contribution in [3.8, 4) is 28.0 Å². The minimum absolute atomic E-state index is 0.239. The highest BCUT2D eigenvalue weighted by Gasteiger charge is 2.49. The van der Waals surface area contributed by atoms with E-state index in [1.807, 2.05) is 73.7 Å². The molecule has 0 aliphatic heterocycles. The summed E-state index contributed by atoms with van der Waals surface area (Å²) in [6.07, 6.45) is 0. The Kier molecular flexibility index (Phi) is 4.70. The summed E-state index contributed by atoms with van der Waals surface area (Å²) in [5.41, 5.74) is 8.41. The van der Waals surface area contributed by atoms with Gasteiger partial charge in [-0.25, -0.2) is 0 Å². The van der Waals surface area contributed by atoms with Gasteiger partial charge in [0.2, 0.25) is 0 Å². The number of fused-ring (bicyclic) bond motifs is 6. The van der Waals surface area contributed by atoms with Gasteiger partial charge in [-0.1, -0.05) is 98.8 Å². The van der Waals surface area contributed by atoms with Gasteiger partial charge in [-0.05, 0) is 59.0 Å². The van der Waals surface area contributed by atoms with Crippen LogP contribution in [-0.2, 0) is 11.0 Å². The highest BCUT2D eigenvalue weighted by Crippen LogP contribution is 2.65. The van der Waals surface area contributed by atoms with Crippen molar-refractivity contribution in [1.29, 1.82) is 0 Å². The Morgan fingerprint density at radius 2 is 1.00 bits per heavy atom. The van der Waals surface area contributed by atoms with Crippen molar-refractivity contribution < 1.29 is 10.2 Å². The summed E-state index contributed by atoms with van der Waals surface area (Å²) < 4.78 is 0. The van der Waals surface area contributed by atoms with E-state index in [1.165, 1.54) is 5.56 Å². The molecule has 0 saturated carbocycles. The predicted molar refractivity (Wildman–Crippen MR) is 154 cm³/mol. The van der Waals surface area contributed by atoms with Crippen LogP contribution in [0.3, 0.4) is 0 Å². The summed E-state index contributed by atoms with van der Waals surface area (Å²) in [6.45, 7) is 6.30. The number of phenolic OH excluding ortho intramolecular Hbond substituents is 1. The maximum Gasteiger partial charge on any atom is 0.132 e. The van der Waals surface area contributed by atoms with Crippen LogP contribution in [0.5, 0.6) is 5.75 Å². The van der Waals surface area contributed by atoms with E-state index in [-0.39, 0.29) is 5.75 Å². The maximum atomic E-state index is 12.3. The second-order valence-corrected chi connectivity index (χ2v) is 11.0. The van der Waals surface area contributed by atoms with Crippen LogP contribution in [0.25, 0.3) is 22.3 Å². The van der Waals surface area contributed by atoms with Gasteiger partial charge in [-0.2, -0.15) is 0 Å². The molecule has 0 aromatic heterocycles. The Morgan fingerprint density at radius 3 is 1.58 bits per heavy atom. The maximum absolute atomic E-state index is 12.3. The van der Waals surface area contributed by atoms with Crippen LogP contribution < -0.4 is 4.90 Å². The van der Waals surface area contributed by atoms with Gasteiger partial charge >= 0.3 is 0 Å². The molecule has 1 atom stereocenters. The lowest BCUT2D eigenvalue weighted by molar-refractivity contribution is 0.108. The third-order valence-electron chi connectivity index (χ3n) is 8.40. The van der Waals surface area contributed by atoms with E-state index in [4.69, 9.17) is 0 Å². The largest absolute Gasteiger partial charge is 0.507 e. The lowest BCUT2D eigenvalue weighted by Crippen LogP contribution is -2.27. The molecule has 3 heteroatoms. The Morgan fingerprint density at radius 1 is 0.553 bits per heavy atom. The molecule has 2 aliphatic carbocycles. The fourth-order valence-electron chi connectivity index (χ4n) is 6.76. The summed E-state index contributed by atoms with van der Waals surface area (Å²) >= 11 is 0.